The van der Waals surface area contributed by atoms with Crippen molar-refractivity contribution in [2.24, 2.45) is 0 Å². The van der Waals surface area contributed by atoms with E-state index in [0.717, 1.165) is 24.4 Å². The van der Waals surface area contributed by atoms with E-state index in [-0.39, 0.29) is 0 Å². The Labute approximate surface area is 108 Å². The van der Waals surface area contributed by atoms with Gasteiger partial charge in [-0.05, 0) is 25.0 Å². The predicted molar refractivity (Wildman–Crippen MR) is 73.4 cm³/mol. The summed E-state index contributed by atoms with van der Waals surface area (Å²) in [4.78, 5) is 0. The molecule has 0 fully saturated rings. The van der Waals surface area contributed by atoms with E-state index in [1.807, 2.05) is 28.8 Å². The lowest BCUT2D eigenvalue weighted by atomic mass is 10.1. The number of nitrogens with one attached hydrogen (secondary N) is 1. The van der Waals surface area contributed by atoms with Crippen LogP contribution in [0.5, 0.6) is 0 Å². The molecule has 0 aliphatic carbocycles. The fourth-order valence-corrected chi connectivity index (χ4v) is 2.15. The molecule has 4 heteroatoms. The molecule has 0 radical (unpaired) electrons. The van der Waals surface area contributed by atoms with Crippen LogP contribution < -0.4 is 5.32 Å². The van der Waals surface area contributed by atoms with Gasteiger partial charge >= 0.3 is 0 Å². The molecule has 2 heterocycles. The average Bonchev–Trinajstić information content (AvgIpc) is 2.82. The molecule has 1 atom stereocenters. The van der Waals surface area contributed by atoms with Gasteiger partial charge in [-0.15, -0.1) is 10.2 Å². The van der Waals surface area contributed by atoms with Gasteiger partial charge in [0.15, 0.2) is 11.5 Å². The molecule has 98 valence electrons. The number of hydrogen-bond donors (Lipinski definition) is 1. The summed E-state index contributed by atoms with van der Waals surface area (Å²) < 4.78 is 2.04. The molecule has 4 nitrogen and oxygen atoms in total. The molecule has 0 bridgehead atoms. The Morgan fingerprint density at radius 2 is 2.17 bits per heavy atom. The topological polar surface area (TPSA) is 42.2 Å². The summed E-state index contributed by atoms with van der Waals surface area (Å²) in [6.45, 7) is 5.25. The Bertz CT molecular complexity index is 477. The third kappa shape index (κ3) is 3.07. The Morgan fingerprint density at radius 1 is 1.28 bits per heavy atom. The van der Waals surface area contributed by atoms with E-state index in [2.05, 4.69) is 29.4 Å². The van der Waals surface area contributed by atoms with Crippen molar-refractivity contribution in [1.29, 1.82) is 0 Å². The van der Waals surface area contributed by atoms with Crippen LogP contribution in [0.25, 0.3) is 5.65 Å². The summed E-state index contributed by atoms with van der Waals surface area (Å²) in [5, 5.41) is 12.0. The average molecular weight is 246 g/mol. The van der Waals surface area contributed by atoms with E-state index < -0.39 is 0 Å². The molecule has 0 aromatic carbocycles. The summed E-state index contributed by atoms with van der Waals surface area (Å²) in [6, 6.07) is 6.55. The first kappa shape index (κ1) is 13.0. The largest absolute Gasteiger partial charge is 0.307 e. The first-order valence-corrected chi connectivity index (χ1v) is 6.87. The quantitative estimate of drug-likeness (QED) is 0.817. The second-order valence-electron chi connectivity index (χ2n) is 4.67. The minimum absolute atomic E-state index is 0.584. The molecule has 0 spiro atoms. The van der Waals surface area contributed by atoms with Gasteiger partial charge in [-0.3, -0.25) is 4.40 Å². The van der Waals surface area contributed by atoms with Gasteiger partial charge in [-0.1, -0.05) is 32.8 Å². The Kier molecular flexibility index (Phi) is 4.70. The highest BCUT2D eigenvalue weighted by Crippen LogP contribution is 2.07. The first-order chi connectivity index (χ1) is 8.85. The van der Waals surface area contributed by atoms with Crippen molar-refractivity contribution in [3.63, 3.8) is 0 Å². The van der Waals surface area contributed by atoms with Gasteiger partial charge in [-0.25, -0.2) is 0 Å². The maximum atomic E-state index is 4.23. The Morgan fingerprint density at radius 3 is 2.94 bits per heavy atom. The van der Waals surface area contributed by atoms with Gasteiger partial charge in [0.25, 0.3) is 0 Å². The van der Waals surface area contributed by atoms with Crippen LogP contribution in [0.4, 0.5) is 0 Å². The number of nitrogens with zero attached hydrogens (tertiary/aromatic N) is 3. The van der Waals surface area contributed by atoms with E-state index in [9.17, 15) is 0 Å². The van der Waals surface area contributed by atoms with Gasteiger partial charge in [0, 0.05) is 12.2 Å². The zero-order valence-corrected chi connectivity index (χ0v) is 11.3. The molecule has 2 aromatic rings. The SMILES string of the molecule is CCCCC(CC)NCc1nnc2ccccn12. The van der Waals surface area contributed by atoms with Crippen LogP contribution in [0.15, 0.2) is 24.4 Å². The highest BCUT2D eigenvalue weighted by molar-refractivity contribution is 5.36. The van der Waals surface area contributed by atoms with Crippen molar-refractivity contribution in [1.82, 2.24) is 19.9 Å². The fraction of sp³-hybridized carbons (Fsp3) is 0.571. The number of hydrogen-bond acceptors (Lipinski definition) is 3. The first-order valence-electron chi connectivity index (χ1n) is 6.87. The van der Waals surface area contributed by atoms with E-state index in [0.29, 0.717) is 6.04 Å². The number of unbranched alkanes of at least 4 members (excludes halogenated alkanes) is 1. The third-order valence-corrected chi connectivity index (χ3v) is 3.33. The minimum atomic E-state index is 0.584. The standard InChI is InChI=1S/C14H22N4/c1-3-5-8-12(4-2)15-11-14-17-16-13-9-6-7-10-18(13)14/h6-7,9-10,12,15H,3-5,8,11H2,1-2H3. The lowest BCUT2D eigenvalue weighted by Crippen LogP contribution is -2.28. The molecule has 2 rings (SSSR count). The highest BCUT2D eigenvalue weighted by Gasteiger charge is 2.08. The number of fused-ring (bicyclic) bond motifs is 1. The molecule has 1 unspecified atom stereocenters. The monoisotopic (exact) mass is 246 g/mol. The van der Waals surface area contributed by atoms with Crippen LogP contribution in [0, 0.1) is 0 Å². The van der Waals surface area contributed by atoms with Crippen molar-refractivity contribution in [3.05, 3.63) is 30.2 Å². The maximum Gasteiger partial charge on any atom is 0.160 e. The van der Waals surface area contributed by atoms with Crippen molar-refractivity contribution in [2.45, 2.75) is 52.1 Å². The molecule has 1 N–H and O–H groups in total. The van der Waals surface area contributed by atoms with Crippen molar-refractivity contribution in [2.75, 3.05) is 0 Å². The number of aromatic nitrogens is 3. The Hall–Kier alpha value is -1.42. The molecule has 0 saturated carbocycles. The molecule has 0 aliphatic heterocycles. The van der Waals surface area contributed by atoms with Crippen LogP contribution in [-0.4, -0.2) is 20.6 Å². The summed E-state index contributed by atoms with van der Waals surface area (Å²) in [5.74, 6) is 0.987. The van der Waals surface area contributed by atoms with Crippen molar-refractivity contribution in [3.8, 4) is 0 Å². The van der Waals surface area contributed by atoms with Gasteiger partial charge in [0.1, 0.15) is 0 Å². The zero-order chi connectivity index (χ0) is 12.8. The van der Waals surface area contributed by atoms with E-state index >= 15 is 0 Å². The van der Waals surface area contributed by atoms with Gasteiger partial charge in [-0.2, -0.15) is 0 Å². The zero-order valence-electron chi connectivity index (χ0n) is 11.3. The third-order valence-electron chi connectivity index (χ3n) is 3.33. The van der Waals surface area contributed by atoms with Crippen LogP contribution in [0.3, 0.4) is 0 Å². The summed E-state index contributed by atoms with van der Waals surface area (Å²) in [7, 11) is 0. The Balaban J connectivity index is 1.96. The summed E-state index contributed by atoms with van der Waals surface area (Å²) in [5.41, 5.74) is 0.913. The van der Waals surface area contributed by atoms with E-state index in [1.165, 1.54) is 19.3 Å². The highest BCUT2D eigenvalue weighted by atomic mass is 15.3. The fourth-order valence-electron chi connectivity index (χ4n) is 2.15. The normalized spacial score (nSPS) is 13.0. The molecule has 2 aromatic heterocycles. The van der Waals surface area contributed by atoms with Crippen LogP contribution in [0.2, 0.25) is 0 Å². The minimum Gasteiger partial charge on any atom is -0.307 e. The lowest BCUT2D eigenvalue weighted by Gasteiger charge is -2.15. The van der Waals surface area contributed by atoms with Crippen LogP contribution in [-0.2, 0) is 6.54 Å². The predicted octanol–water partition coefficient (Wildman–Crippen LogP) is 2.79. The van der Waals surface area contributed by atoms with Crippen LogP contribution in [0.1, 0.15) is 45.4 Å². The number of pyridine rings is 1. The van der Waals surface area contributed by atoms with E-state index in [1.54, 1.807) is 0 Å². The van der Waals surface area contributed by atoms with E-state index in [4.69, 9.17) is 0 Å². The van der Waals surface area contributed by atoms with Gasteiger partial charge in [0.2, 0.25) is 0 Å². The summed E-state index contributed by atoms with van der Waals surface area (Å²) in [6.07, 6.45) is 6.96. The second-order valence-corrected chi connectivity index (χ2v) is 4.67. The van der Waals surface area contributed by atoms with Crippen LogP contribution >= 0.6 is 0 Å². The molecule has 0 saturated heterocycles. The molecule has 18 heavy (non-hydrogen) atoms. The smallest absolute Gasteiger partial charge is 0.160 e. The van der Waals surface area contributed by atoms with Crippen molar-refractivity contribution < 1.29 is 0 Å². The molecular formula is C14H22N4. The van der Waals surface area contributed by atoms with Gasteiger partial charge in [0.05, 0.1) is 6.54 Å². The molecule has 0 aliphatic rings. The second kappa shape index (κ2) is 6.50. The van der Waals surface area contributed by atoms with Gasteiger partial charge < -0.3 is 5.32 Å². The van der Waals surface area contributed by atoms with Crippen molar-refractivity contribution >= 4 is 5.65 Å². The lowest BCUT2D eigenvalue weighted by molar-refractivity contribution is 0.445. The molecule has 0 amide bonds. The maximum absolute atomic E-state index is 4.23. The number of rotatable bonds is 7. The molecular weight excluding hydrogens is 224 g/mol. The summed E-state index contributed by atoms with van der Waals surface area (Å²) >= 11 is 0.